The van der Waals surface area contributed by atoms with Crippen LogP contribution >= 0.6 is 11.6 Å². The fourth-order valence-corrected chi connectivity index (χ4v) is 2.41. The molecule has 1 heterocycles. The molecule has 0 spiro atoms. The van der Waals surface area contributed by atoms with E-state index in [2.05, 4.69) is 0 Å². The van der Waals surface area contributed by atoms with Crippen LogP contribution in [0.5, 0.6) is 0 Å². The first-order valence-electron chi connectivity index (χ1n) is 5.83. The zero-order chi connectivity index (χ0) is 12.3. The topological polar surface area (TPSA) is 40.5 Å². The molecule has 1 aliphatic heterocycles. The Kier molecular flexibility index (Phi) is 4.02. The van der Waals surface area contributed by atoms with E-state index in [1.54, 1.807) is 11.0 Å². The lowest BCUT2D eigenvalue weighted by Crippen LogP contribution is -2.37. The third-order valence-corrected chi connectivity index (χ3v) is 3.49. The highest BCUT2D eigenvalue weighted by molar-refractivity contribution is 6.17. The molecule has 0 aromatic heterocycles. The third kappa shape index (κ3) is 2.61. The summed E-state index contributed by atoms with van der Waals surface area (Å²) in [5, 5.41) is 9.22. The summed E-state index contributed by atoms with van der Waals surface area (Å²) in [7, 11) is 0. The van der Waals surface area contributed by atoms with Crippen molar-refractivity contribution in [2.24, 2.45) is 0 Å². The second-order valence-electron chi connectivity index (χ2n) is 4.31. The third-order valence-electron chi connectivity index (χ3n) is 3.18. The summed E-state index contributed by atoms with van der Waals surface area (Å²) in [6, 6.07) is 7.33. The molecule has 17 heavy (non-hydrogen) atoms. The smallest absolute Gasteiger partial charge is 0.254 e. The van der Waals surface area contributed by atoms with Crippen molar-refractivity contribution in [1.29, 1.82) is 0 Å². The Morgan fingerprint density at radius 1 is 1.53 bits per heavy atom. The number of nitrogens with zero attached hydrogens (tertiary/aromatic N) is 1. The van der Waals surface area contributed by atoms with Crippen LogP contribution in [0.2, 0.25) is 0 Å². The molecule has 0 saturated carbocycles. The van der Waals surface area contributed by atoms with Gasteiger partial charge in [-0.25, -0.2) is 0 Å². The highest BCUT2D eigenvalue weighted by Crippen LogP contribution is 2.20. The van der Waals surface area contributed by atoms with Gasteiger partial charge in [0.2, 0.25) is 0 Å². The zero-order valence-electron chi connectivity index (χ0n) is 9.60. The first-order chi connectivity index (χ1) is 8.26. The molecular formula is C13H16ClNO2. The highest BCUT2D eigenvalue weighted by Gasteiger charge is 2.28. The van der Waals surface area contributed by atoms with E-state index in [1.165, 1.54) is 0 Å². The molecule has 0 bridgehead atoms. The van der Waals surface area contributed by atoms with Crippen molar-refractivity contribution in [2.75, 3.05) is 13.2 Å². The highest BCUT2D eigenvalue weighted by atomic mass is 35.5. The van der Waals surface area contributed by atoms with Crippen LogP contribution in [0.25, 0.3) is 0 Å². The van der Waals surface area contributed by atoms with Crippen molar-refractivity contribution in [2.45, 2.75) is 24.8 Å². The minimum atomic E-state index is -0.0258. The number of benzene rings is 1. The van der Waals surface area contributed by atoms with Gasteiger partial charge in [-0.15, -0.1) is 11.6 Å². The Labute approximate surface area is 106 Å². The number of aliphatic hydroxyl groups excluding tert-OH is 1. The van der Waals surface area contributed by atoms with Crippen molar-refractivity contribution < 1.29 is 9.90 Å². The lowest BCUT2D eigenvalue weighted by molar-refractivity contribution is 0.0677. The molecule has 92 valence electrons. The summed E-state index contributed by atoms with van der Waals surface area (Å²) in [6.07, 6.45) is 1.85. The number of carbonyl (C=O) groups excluding carboxylic acids is 1. The zero-order valence-corrected chi connectivity index (χ0v) is 10.4. The van der Waals surface area contributed by atoms with Crippen LogP contribution in [0.4, 0.5) is 0 Å². The number of rotatable bonds is 3. The van der Waals surface area contributed by atoms with Crippen molar-refractivity contribution in [3.8, 4) is 0 Å². The average molecular weight is 254 g/mol. The predicted molar refractivity (Wildman–Crippen MR) is 67.1 cm³/mol. The number of amides is 1. The largest absolute Gasteiger partial charge is 0.394 e. The number of hydrogen-bond acceptors (Lipinski definition) is 2. The van der Waals surface area contributed by atoms with E-state index >= 15 is 0 Å². The minimum Gasteiger partial charge on any atom is -0.394 e. The van der Waals surface area contributed by atoms with Gasteiger partial charge < -0.3 is 10.0 Å². The van der Waals surface area contributed by atoms with Crippen LogP contribution in [-0.4, -0.2) is 35.1 Å². The summed E-state index contributed by atoms with van der Waals surface area (Å²) < 4.78 is 0. The molecule has 1 amide bonds. The predicted octanol–water partition coefficient (Wildman–Crippen LogP) is 2.02. The molecule has 1 fully saturated rings. The molecule has 1 atom stereocenters. The second-order valence-corrected chi connectivity index (χ2v) is 4.58. The van der Waals surface area contributed by atoms with E-state index in [9.17, 15) is 9.90 Å². The summed E-state index contributed by atoms with van der Waals surface area (Å²) >= 11 is 5.75. The molecule has 0 unspecified atom stereocenters. The monoisotopic (exact) mass is 253 g/mol. The summed E-state index contributed by atoms with van der Waals surface area (Å²) in [4.78, 5) is 14.0. The Morgan fingerprint density at radius 3 is 3.06 bits per heavy atom. The molecule has 1 aliphatic rings. The molecule has 4 heteroatoms. The Hall–Kier alpha value is -1.06. The van der Waals surface area contributed by atoms with Crippen molar-refractivity contribution in [3.63, 3.8) is 0 Å². The number of carbonyl (C=O) groups is 1. The van der Waals surface area contributed by atoms with Gasteiger partial charge in [-0.3, -0.25) is 4.79 Å². The second kappa shape index (κ2) is 5.52. The van der Waals surface area contributed by atoms with Gasteiger partial charge >= 0.3 is 0 Å². The summed E-state index contributed by atoms with van der Waals surface area (Å²) in [6.45, 7) is 0.774. The maximum Gasteiger partial charge on any atom is 0.254 e. The molecule has 1 aromatic carbocycles. The van der Waals surface area contributed by atoms with Gasteiger partial charge in [-0.05, 0) is 30.5 Å². The van der Waals surface area contributed by atoms with Gasteiger partial charge in [0.25, 0.3) is 5.91 Å². The van der Waals surface area contributed by atoms with Crippen LogP contribution in [0.1, 0.15) is 28.8 Å². The molecule has 1 aromatic rings. The van der Waals surface area contributed by atoms with Gasteiger partial charge in [0, 0.05) is 18.0 Å². The SMILES string of the molecule is O=C(c1cccc(CCl)c1)N1CCC[C@H]1CO. The number of alkyl halides is 1. The quantitative estimate of drug-likeness (QED) is 0.838. The van der Waals surface area contributed by atoms with E-state index in [0.29, 0.717) is 11.4 Å². The first-order valence-corrected chi connectivity index (χ1v) is 6.36. The van der Waals surface area contributed by atoms with E-state index in [1.807, 2.05) is 18.2 Å². The maximum absolute atomic E-state index is 12.3. The van der Waals surface area contributed by atoms with Crippen LogP contribution < -0.4 is 0 Å². The van der Waals surface area contributed by atoms with E-state index in [0.717, 1.165) is 24.9 Å². The first kappa shape index (κ1) is 12.4. The van der Waals surface area contributed by atoms with Crippen molar-refractivity contribution in [3.05, 3.63) is 35.4 Å². The van der Waals surface area contributed by atoms with Crippen LogP contribution in [-0.2, 0) is 5.88 Å². The lowest BCUT2D eigenvalue weighted by atomic mass is 10.1. The fourth-order valence-electron chi connectivity index (χ4n) is 2.25. The Morgan fingerprint density at radius 2 is 2.35 bits per heavy atom. The van der Waals surface area contributed by atoms with Crippen LogP contribution in [0.15, 0.2) is 24.3 Å². The van der Waals surface area contributed by atoms with Crippen LogP contribution in [0.3, 0.4) is 0 Å². The molecule has 1 N–H and O–H groups in total. The molecule has 2 rings (SSSR count). The van der Waals surface area contributed by atoms with Gasteiger partial charge in [-0.2, -0.15) is 0 Å². The number of halogens is 1. The molecule has 3 nitrogen and oxygen atoms in total. The van der Waals surface area contributed by atoms with Gasteiger partial charge in [0.1, 0.15) is 0 Å². The fraction of sp³-hybridized carbons (Fsp3) is 0.462. The normalized spacial score (nSPS) is 19.6. The standard InChI is InChI=1S/C13H16ClNO2/c14-8-10-3-1-4-11(7-10)13(17)15-6-2-5-12(15)9-16/h1,3-4,7,12,16H,2,5-6,8-9H2/t12-/m0/s1. The van der Waals surface area contributed by atoms with E-state index in [-0.39, 0.29) is 18.6 Å². The van der Waals surface area contributed by atoms with Gasteiger partial charge in [-0.1, -0.05) is 12.1 Å². The summed E-state index contributed by atoms with van der Waals surface area (Å²) in [5.41, 5.74) is 1.60. The number of likely N-dealkylation sites (tertiary alicyclic amines) is 1. The van der Waals surface area contributed by atoms with Crippen LogP contribution in [0, 0.1) is 0 Å². The average Bonchev–Trinajstić information content (AvgIpc) is 2.86. The molecular weight excluding hydrogens is 238 g/mol. The lowest BCUT2D eigenvalue weighted by Gasteiger charge is -2.23. The molecule has 1 saturated heterocycles. The Balaban J connectivity index is 2.18. The molecule has 0 radical (unpaired) electrons. The van der Waals surface area contributed by atoms with Gasteiger partial charge in [0.05, 0.1) is 12.6 Å². The number of hydrogen-bond donors (Lipinski definition) is 1. The van der Waals surface area contributed by atoms with Crippen molar-refractivity contribution >= 4 is 17.5 Å². The Bertz CT molecular complexity index is 408. The van der Waals surface area contributed by atoms with E-state index < -0.39 is 0 Å². The minimum absolute atomic E-state index is 0.00600. The molecule has 0 aliphatic carbocycles. The van der Waals surface area contributed by atoms with Crippen molar-refractivity contribution in [1.82, 2.24) is 4.90 Å². The summed E-state index contributed by atoms with van der Waals surface area (Å²) in [5.74, 6) is 0.401. The van der Waals surface area contributed by atoms with Gasteiger partial charge in [0.15, 0.2) is 0 Å². The van der Waals surface area contributed by atoms with E-state index in [4.69, 9.17) is 11.6 Å². The number of aliphatic hydroxyl groups is 1. The maximum atomic E-state index is 12.3.